The van der Waals surface area contributed by atoms with Gasteiger partial charge in [-0.1, -0.05) is 30.3 Å². The maximum Gasteiger partial charge on any atom is 0.273 e. The summed E-state index contributed by atoms with van der Waals surface area (Å²) in [7, 11) is 0. The molecule has 1 aromatic carbocycles. The van der Waals surface area contributed by atoms with Crippen LogP contribution in [0.15, 0.2) is 71.1 Å². The van der Waals surface area contributed by atoms with Crippen LogP contribution in [-0.2, 0) is 11.3 Å². The molecule has 1 heterocycles. The van der Waals surface area contributed by atoms with Crippen molar-refractivity contribution in [1.82, 2.24) is 4.98 Å². The summed E-state index contributed by atoms with van der Waals surface area (Å²) in [6.45, 7) is 4.12. The molecule has 7 nitrogen and oxygen atoms in total. The summed E-state index contributed by atoms with van der Waals surface area (Å²) >= 11 is 5.69. The van der Waals surface area contributed by atoms with Gasteiger partial charge in [0.05, 0.1) is 10.7 Å². The van der Waals surface area contributed by atoms with E-state index < -0.39 is 5.91 Å². The number of anilines is 3. The number of aliphatic imine (C=N–C) groups is 1. The minimum atomic E-state index is -0.440. The standard InChI is InChI=1S/C18H19ClN6O/c1-12(23-11-14(19)9-20)18(26)25-15-5-2-4-13(8-15)10-24-16-6-3-7-22-17(16)21/h2-9,11,24H,1,10,20H2,(H2,21,22)(H,25,26)/b14-9+,23-11-. The van der Waals surface area contributed by atoms with Crippen molar-refractivity contribution in [3.8, 4) is 0 Å². The van der Waals surface area contributed by atoms with Gasteiger partial charge in [0.2, 0.25) is 0 Å². The molecule has 0 unspecified atom stereocenters. The van der Waals surface area contributed by atoms with E-state index in [4.69, 9.17) is 23.1 Å². The average molecular weight is 371 g/mol. The van der Waals surface area contributed by atoms with Gasteiger partial charge in [-0.05, 0) is 29.8 Å². The molecule has 26 heavy (non-hydrogen) atoms. The Morgan fingerprint density at radius 1 is 1.35 bits per heavy atom. The minimum Gasteiger partial charge on any atom is -0.403 e. The van der Waals surface area contributed by atoms with Crippen molar-refractivity contribution < 1.29 is 4.79 Å². The fraction of sp³-hybridized carbons (Fsp3) is 0.0556. The van der Waals surface area contributed by atoms with Crippen molar-refractivity contribution in [3.05, 3.63) is 71.7 Å². The highest BCUT2D eigenvalue weighted by atomic mass is 35.5. The first-order valence-corrected chi connectivity index (χ1v) is 8.02. The van der Waals surface area contributed by atoms with Crippen LogP contribution in [0.3, 0.4) is 0 Å². The van der Waals surface area contributed by atoms with E-state index in [1.807, 2.05) is 24.3 Å². The molecule has 0 aliphatic carbocycles. The zero-order valence-corrected chi connectivity index (χ0v) is 14.7. The van der Waals surface area contributed by atoms with Crippen molar-refractivity contribution >= 4 is 40.9 Å². The number of nitrogens with one attached hydrogen (secondary N) is 2. The fourth-order valence-electron chi connectivity index (χ4n) is 1.97. The van der Waals surface area contributed by atoms with Crippen molar-refractivity contribution in [2.24, 2.45) is 10.7 Å². The van der Waals surface area contributed by atoms with Gasteiger partial charge in [-0.25, -0.2) is 4.98 Å². The Morgan fingerprint density at radius 3 is 2.88 bits per heavy atom. The van der Waals surface area contributed by atoms with Crippen LogP contribution in [-0.4, -0.2) is 17.1 Å². The van der Waals surface area contributed by atoms with E-state index in [2.05, 4.69) is 27.2 Å². The van der Waals surface area contributed by atoms with Crippen LogP contribution in [0.4, 0.5) is 17.2 Å². The summed E-state index contributed by atoms with van der Waals surface area (Å²) in [5.74, 6) is -0.0133. The smallest absolute Gasteiger partial charge is 0.273 e. The Bertz CT molecular complexity index is 862. The number of pyridine rings is 1. The van der Waals surface area contributed by atoms with Gasteiger partial charge >= 0.3 is 0 Å². The van der Waals surface area contributed by atoms with Crippen LogP contribution in [0.25, 0.3) is 0 Å². The minimum absolute atomic E-state index is 0.0108. The first-order chi connectivity index (χ1) is 12.5. The number of hydrogen-bond acceptors (Lipinski definition) is 6. The molecule has 0 fully saturated rings. The monoisotopic (exact) mass is 370 g/mol. The maximum absolute atomic E-state index is 12.1. The van der Waals surface area contributed by atoms with E-state index >= 15 is 0 Å². The van der Waals surface area contributed by atoms with E-state index in [9.17, 15) is 4.79 Å². The fourth-order valence-corrected chi connectivity index (χ4v) is 2.02. The number of aromatic nitrogens is 1. The Hall–Kier alpha value is -3.32. The van der Waals surface area contributed by atoms with Crippen LogP contribution in [0.2, 0.25) is 0 Å². The van der Waals surface area contributed by atoms with Gasteiger partial charge in [-0.15, -0.1) is 0 Å². The number of amides is 1. The lowest BCUT2D eigenvalue weighted by Crippen LogP contribution is -2.13. The molecule has 0 radical (unpaired) electrons. The molecule has 0 saturated heterocycles. The van der Waals surface area contributed by atoms with Gasteiger partial charge in [0.1, 0.15) is 11.5 Å². The number of rotatable bonds is 7. The van der Waals surface area contributed by atoms with Crippen LogP contribution < -0.4 is 22.1 Å². The maximum atomic E-state index is 12.1. The summed E-state index contributed by atoms with van der Waals surface area (Å²) in [5, 5.41) is 6.13. The molecular weight excluding hydrogens is 352 g/mol. The summed E-state index contributed by atoms with van der Waals surface area (Å²) in [6, 6.07) is 11.0. The molecule has 2 rings (SSSR count). The highest BCUT2D eigenvalue weighted by molar-refractivity contribution is 6.39. The molecule has 6 N–H and O–H groups in total. The molecule has 134 valence electrons. The molecule has 0 bridgehead atoms. The van der Waals surface area contributed by atoms with E-state index in [0.717, 1.165) is 11.3 Å². The predicted molar refractivity (Wildman–Crippen MR) is 107 cm³/mol. The second-order valence-corrected chi connectivity index (χ2v) is 5.64. The van der Waals surface area contributed by atoms with Gasteiger partial charge in [-0.2, -0.15) is 0 Å². The summed E-state index contributed by atoms with van der Waals surface area (Å²) in [5.41, 5.74) is 13.3. The first-order valence-electron chi connectivity index (χ1n) is 7.64. The lowest BCUT2D eigenvalue weighted by Gasteiger charge is -2.10. The number of nitrogen functional groups attached to an aromatic ring is 1. The quantitative estimate of drug-likeness (QED) is 0.441. The van der Waals surface area contributed by atoms with Crippen molar-refractivity contribution in [2.75, 3.05) is 16.4 Å². The summed E-state index contributed by atoms with van der Waals surface area (Å²) in [6.07, 6.45) is 4.05. The number of halogens is 1. The van der Waals surface area contributed by atoms with Crippen LogP contribution in [0, 0.1) is 0 Å². The van der Waals surface area contributed by atoms with Crippen LogP contribution in [0.5, 0.6) is 0 Å². The normalized spacial score (nSPS) is 11.3. The van der Waals surface area contributed by atoms with E-state index in [1.54, 1.807) is 18.3 Å². The molecule has 1 aromatic heterocycles. The average Bonchev–Trinajstić information content (AvgIpc) is 2.65. The Labute approximate surface area is 156 Å². The lowest BCUT2D eigenvalue weighted by atomic mass is 10.2. The Morgan fingerprint density at radius 2 is 2.15 bits per heavy atom. The molecule has 0 aliphatic rings. The summed E-state index contributed by atoms with van der Waals surface area (Å²) in [4.78, 5) is 20.0. The second-order valence-electron chi connectivity index (χ2n) is 5.20. The van der Waals surface area contributed by atoms with Crippen molar-refractivity contribution in [2.45, 2.75) is 6.54 Å². The summed E-state index contributed by atoms with van der Waals surface area (Å²) < 4.78 is 0. The van der Waals surface area contributed by atoms with E-state index in [-0.39, 0.29) is 10.7 Å². The van der Waals surface area contributed by atoms with Gasteiger partial charge in [0, 0.05) is 30.8 Å². The predicted octanol–water partition coefficient (Wildman–Crippen LogP) is 2.84. The van der Waals surface area contributed by atoms with Crippen molar-refractivity contribution in [3.63, 3.8) is 0 Å². The molecule has 0 atom stereocenters. The van der Waals surface area contributed by atoms with Gasteiger partial charge in [-0.3, -0.25) is 9.79 Å². The molecule has 0 spiro atoms. The van der Waals surface area contributed by atoms with E-state index in [0.29, 0.717) is 18.1 Å². The SMILES string of the molecule is C=C(/N=C\C(Cl)=C/N)C(=O)Nc1cccc(CNc2cccnc2N)c1. The van der Waals surface area contributed by atoms with E-state index in [1.165, 1.54) is 12.4 Å². The lowest BCUT2D eigenvalue weighted by molar-refractivity contribution is -0.112. The number of carbonyl (C=O) groups excluding carboxylic acids is 1. The number of nitrogens with two attached hydrogens (primary N) is 2. The largest absolute Gasteiger partial charge is 0.403 e. The number of carbonyl (C=O) groups is 1. The zero-order valence-electron chi connectivity index (χ0n) is 13.9. The molecule has 2 aromatic rings. The first kappa shape index (κ1) is 19.0. The number of allylic oxidation sites excluding steroid dienone is 1. The number of benzene rings is 1. The highest BCUT2D eigenvalue weighted by Gasteiger charge is 2.07. The topological polar surface area (TPSA) is 118 Å². The van der Waals surface area contributed by atoms with Gasteiger partial charge in [0.25, 0.3) is 5.91 Å². The molecular formula is C18H19ClN6O. The number of hydrogen-bond donors (Lipinski definition) is 4. The molecule has 0 aliphatic heterocycles. The third kappa shape index (κ3) is 5.64. The Kier molecular flexibility index (Phi) is 6.75. The van der Waals surface area contributed by atoms with Gasteiger partial charge < -0.3 is 22.1 Å². The molecule has 0 saturated carbocycles. The zero-order chi connectivity index (χ0) is 18.9. The highest BCUT2D eigenvalue weighted by Crippen LogP contribution is 2.17. The third-order valence-electron chi connectivity index (χ3n) is 3.27. The number of nitrogens with zero attached hydrogens (tertiary/aromatic N) is 2. The molecule has 1 amide bonds. The van der Waals surface area contributed by atoms with Crippen molar-refractivity contribution in [1.29, 1.82) is 0 Å². The van der Waals surface area contributed by atoms with Gasteiger partial charge in [0.15, 0.2) is 0 Å². The molecule has 8 heteroatoms. The third-order valence-corrected chi connectivity index (χ3v) is 3.49. The Balaban J connectivity index is 1.98. The van der Waals surface area contributed by atoms with Crippen LogP contribution >= 0.6 is 11.6 Å². The van der Waals surface area contributed by atoms with Crippen LogP contribution in [0.1, 0.15) is 5.56 Å². The second kappa shape index (κ2) is 9.24.